The third kappa shape index (κ3) is 5.11. The number of carbonyl (C=O) groups is 1. The van der Waals surface area contributed by atoms with Gasteiger partial charge in [-0.1, -0.05) is 62.4 Å². The monoisotopic (exact) mass is 395 g/mol. The van der Waals surface area contributed by atoms with E-state index in [0.29, 0.717) is 12.1 Å². The maximum Gasteiger partial charge on any atom is 0.223 e. The summed E-state index contributed by atoms with van der Waals surface area (Å²) in [6.07, 6.45) is 8.09. The van der Waals surface area contributed by atoms with Crippen molar-refractivity contribution in [2.75, 3.05) is 0 Å². The smallest absolute Gasteiger partial charge is 0.223 e. The van der Waals surface area contributed by atoms with Crippen LogP contribution in [0.3, 0.4) is 0 Å². The molecule has 0 unspecified atom stereocenters. The Morgan fingerprint density at radius 1 is 1.14 bits per heavy atom. The van der Waals surface area contributed by atoms with Gasteiger partial charge < -0.3 is 15.5 Å². The molecular weight excluding hydrogens is 362 g/mol. The predicted octanol–water partition coefficient (Wildman–Crippen LogP) is 5.61. The number of phenolic OH excluding ortho intramolecular Hbond substituents is 2. The Labute approximate surface area is 174 Å². The molecule has 1 fully saturated rings. The molecule has 0 bridgehead atoms. The maximum absolute atomic E-state index is 12.5. The highest BCUT2D eigenvalue weighted by Gasteiger charge is 2.24. The number of phenols is 2. The second-order valence-corrected chi connectivity index (χ2v) is 8.28. The molecule has 0 aromatic heterocycles. The third-order valence-corrected chi connectivity index (χ3v) is 6.00. The van der Waals surface area contributed by atoms with Crippen molar-refractivity contribution in [3.05, 3.63) is 47.0 Å². The van der Waals surface area contributed by atoms with Crippen LogP contribution in [0.25, 0.3) is 11.1 Å². The van der Waals surface area contributed by atoms with Gasteiger partial charge >= 0.3 is 0 Å². The first-order valence-corrected chi connectivity index (χ1v) is 10.9. The molecule has 2 aromatic carbocycles. The molecule has 1 amide bonds. The summed E-state index contributed by atoms with van der Waals surface area (Å²) in [5.41, 5.74) is 3.92. The number of unbranched alkanes of at least 4 members (excludes halogenated alkanes) is 2. The van der Waals surface area contributed by atoms with Crippen molar-refractivity contribution >= 4 is 5.91 Å². The van der Waals surface area contributed by atoms with Crippen molar-refractivity contribution in [2.24, 2.45) is 5.92 Å². The molecule has 4 nitrogen and oxygen atoms in total. The number of aromatic hydroxyl groups is 2. The Kier molecular flexibility index (Phi) is 7.18. The third-order valence-electron chi connectivity index (χ3n) is 6.00. The summed E-state index contributed by atoms with van der Waals surface area (Å²) in [5, 5.41) is 24.9. The van der Waals surface area contributed by atoms with E-state index in [9.17, 15) is 15.0 Å². The van der Waals surface area contributed by atoms with Crippen molar-refractivity contribution in [1.82, 2.24) is 5.32 Å². The first-order valence-electron chi connectivity index (χ1n) is 10.9. The molecule has 156 valence electrons. The van der Waals surface area contributed by atoms with Crippen LogP contribution in [-0.4, -0.2) is 16.1 Å². The van der Waals surface area contributed by atoms with Gasteiger partial charge in [0.25, 0.3) is 0 Å². The van der Waals surface area contributed by atoms with E-state index < -0.39 is 0 Å². The van der Waals surface area contributed by atoms with E-state index in [4.69, 9.17) is 0 Å². The van der Waals surface area contributed by atoms with Crippen LogP contribution in [0.2, 0.25) is 0 Å². The van der Waals surface area contributed by atoms with E-state index in [1.54, 1.807) is 6.07 Å². The van der Waals surface area contributed by atoms with E-state index in [2.05, 4.69) is 12.2 Å². The van der Waals surface area contributed by atoms with E-state index in [1.807, 2.05) is 31.2 Å². The molecule has 3 N–H and O–H groups in total. The fourth-order valence-corrected chi connectivity index (χ4v) is 4.33. The molecule has 0 radical (unpaired) electrons. The number of hydrogen-bond acceptors (Lipinski definition) is 3. The van der Waals surface area contributed by atoms with E-state index in [1.165, 1.54) is 0 Å². The zero-order valence-electron chi connectivity index (χ0n) is 17.6. The minimum absolute atomic E-state index is 0.0755. The maximum atomic E-state index is 12.5. The molecule has 0 aliphatic heterocycles. The summed E-state index contributed by atoms with van der Waals surface area (Å²) < 4.78 is 0. The van der Waals surface area contributed by atoms with Gasteiger partial charge in [-0.05, 0) is 49.8 Å². The quantitative estimate of drug-likeness (QED) is 0.509. The van der Waals surface area contributed by atoms with Crippen LogP contribution in [0.5, 0.6) is 11.5 Å². The van der Waals surface area contributed by atoms with Crippen LogP contribution >= 0.6 is 0 Å². The Bertz CT molecular complexity index is 853. The van der Waals surface area contributed by atoms with Crippen molar-refractivity contribution < 1.29 is 15.0 Å². The Hall–Kier alpha value is -2.49. The van der Waals surface area contributed by atoms with E-state index in [-0.39, 0.29) is 23.3 Å². The SMILES string of the molecule is CCCCCc1cc(O)c(-c2cccc(C)c2)c(O)c1CNC(=O)C1CCCC1. The summed E-state index contributed by atoms with van der Waals surface area (Å²) >= 11 is 0. The van der Waals surface area contributed by atoms with Gasteiger partial charge in [0, 0.05) is 18.0 Å². The Morgan fingerprint density at radius 3 is 2.59 bits per heavy atom. The fourth-order valence-electron chi connectivity index (χ4n) is 4.33. The Morgan fingerprint density at radius 2 is 1.90 bits per heavy atom. The molecular formula is C25H33NO3. The molecule has 29 heavy (non-hydrogen) atoms. The van der Waals surface area contributed by atoms with Crippen molar-refractivity contribution in [3.8, 4) is 22.6 Å². The molecule has 0 atom stereocenters. The highest BCUT2D eigenvalue weighted by atomic mass is 16.3. The summed E-state index contributed by atoms with van der Waals surface area (Å²) in [4.78, 5) is 12.5. The number of rotatable bonds is 8. The van der Waals surface area contributed by atoms with Gasteiger partial charge in [-0.3, -0.25) is 4.79 Å². The lowest BCUT2D eigenvalue weighted by atomic mass is 9.92. The number of carbonyl (C=O) groups excluding carboxylic acids is 1. The molecule has 3 rings (SSSR count). The Balaban J connectivity index is 1.92. The van der Waals surface area contributed by atoms with Crippen LogP contribution in [-0.2, 0) is 17.8 Å². The topological polar surface area (TPSA) is 69.6 Å². The first-order chi connectivity index (χ1) is 14.0. The largest absolute Gasteiger partial charge is 0.507 e. The van der Waals surface area contributed by atoms with Gasteiger partial charge in [0.1, 0.15) is 11.5 Å². The zero-order valence-corrected chi connectivity index (χ0v) is 17.6. The highest BCUT2D eigenvalue weighted by Crippen LogP contribution is 2.42. The molecule has 1 aliphatic rings. The van der Waals surface area contributed by atoms with Crippen LogP contribution < -0.4 is 5.32 Å². The molecule has 1 aliphatic carbocycles. The lowest BCUT2D eigenvalue weighted by Gasteiger charge is -2.19. The summed E-state index contributed by atoms with van der Waals surface area (Å²) in [5.74, 6) is 0.333. The van der Waals surface area contributed by atoms with Crippen LogP contribution in [0.4, 0.5) is 0 Å². The second kappa shape index (κ2) is 9.82. The average molecular weight is 396 g/mol. The van der Waals surface area contributed by atoms with Crippen LogP contribution in [0, 0.1) is 12.8 Å². The van der Waals surface area contributed by atoms with Crippen molar-refractivity contribution in [2.45, 2.75) is 71.8 Å². The number of nitrogens with one attached hydrogen (secondary N) is 1. The van der Waals surface area contributed by atoms with Crippen LogP contribution in [0.1, 0.15) is 68.6 Å². The van der Waals surface area contributed by atoms with E-state index >= 15 is 0 Å². The molecule has 2 aromatic rings. The van der Waals surface area contributed by atoms with Crippen LogP contribution in [0.15, 0.2) is 30.3 Å². The minimum Gasteiger partial charge on any atom is -0.507 e. The lowest BCUT2D eigenvalue weighted by molar-refractivity contribution is -0.124. The van der Waals surface area contributed by atoms with Crippen molar-refractivity contribution in [1.29, 1.82) is 0 Å². The number of hydrogen-bond donors (Lipinski definition) is 3. The molecule has 0 saturated heterocycles. The minimum atomic E-state index is 0.0755. The highest BCUT2D eigenvalue weighted by molar-refractivity contribution is 5.81. The summed E-state index contributed by atoms with van der Waals surface area (Å²) in [7, 11) is 0. The molecule has 1 saturated carbocycles. The van der Waals surface area contributed by atoms with Gasteiger partial charge in [-0.2, -0.15) is 0 Å². The molecule has 0 spiro atoms. The number of aryl methyl sites for hydroxylation is 2. The summed E-state index contributed by atoms with van der Waals surface area (Å²) in [6, 6.07) is 9.51. The standard InChI is InChI=1S/C25H33NO3/c1-3-4-5-12-19-15-22(27)23(20-13-8-9-17(2)14-20)24(28)21(19)16-26-25(29)18-10-6-7-11-18/h8-9,13-15,18,27-28H,3-7,10-12,16H2,1-2H3,(H,26,29). The fraction of sp³-hybridized carbons (Fsp3) is 0.480. The molecule has 4 heteroatoms. The van der Waals surface area contributed by atoms with Gasteiger partial charge in [-0.25, -0.2) is 0 Å². The molecule has 0 heterocycles. The second-order valence-electron chi connectivity index (χ2n) is 8.28. The van der Waals surface area contributed by atoms with E-state index in [0.717, 1.165) is 73.6 Å². The lowest BCUT2D eigenvalue weighted by Crippen LogP contribution is -2.29. The normalized spacial score (nSPS) is 14.3. The number of amides is 1. The van der Waals surface area contributed by atoms with Gasteiger partial charge in [0.15, 0.2) is 0 Å². The van der Waals surface area contributed by atoms with Gasteiger partial charge in [0.2, 0.25) is 5.91 Å². The average Bonchev–Trinajstić information content (AvgIpc) is 3.22. The predicted molar refractivity (Wildman–Crippen MR) is 117 cm³/mol. The van der Waals surface area contributed by atoms with Crippen molar-refractivity contribution in [3.63, 3.8) is 0 Å². The number of benzene rings is 2. The first kappa shape index (κ1) is 21.2. The van der Waals surface area contributed by atoms with Gasteiger partial charge in [0.05, 0.1) is 5.56 Å². The zero-order chi connectivity index (χ0) is 20.8. The summed E-state index contributed by atoms with van der Waals surface area (Å²) in [6.45, 7) is 4.43. The van der Waals surface area contributed by atoms with Gasteiger partial charge in [-0.15, -0.1) is 0 Å².